The lowest BCUT2D eigenvalue weighted by atomic mass is 10.2. The van der Waals surface area contributed by atoms with Gasteiger partial charge < -0.3 is 10.6 Å². The van der Waals surface area contributed by atoms with Crippen LogP contribution in [0.3, 0.4) is 0 Å². The Labute approximate surface area is 101 Å². The molecular formula is C13H16N4. The van der Waals surface area contributed by atoms with Gasteiger partial charge in [0.15, 0.2) is 0 Å². The lowest BCUT2D eigenvalue weighted by Gasteiger charge is -2.19. The van der Waals surface area contributed by atoms with Crippen molar-refractivity contribution in [3.63, 3.8) is 0 Å². The molecule has 4 nitrogen and oxygen atoms in total. The van der Waals surface area contributed by atoms with Crippen LogP contribution >= 0.6 is 0 Å². The summed E-state index contributed by atoms with van der Waals surface area (Å²) in [6.45, 7) is 2.74. The van der Waals surface area contributed by atoms with Crippen molar-refractivity contribution < 1.29 is 0 Å². The Balaban J connectivity index is 2.17. The molecule has 0 aliphatic carbocycles. The molecule has 4 heteroatoms. The van der Waals surface area contributed by atoms with Crippen molar-refractivity contribution in [2.75, 3.05) is 17.7 Å². The van der Waals surface area contributed by atoms with Crippen molar-refractivity contribution in [1.29, 1.82) is 0 Å². The normalized spacial score (nSPS) is 10.2. The Morgan fingerprint density at radius 2 is 2.12 bits per heavy atom. The first kappa shape index (κ1) is 11.4. The molecule has 0 aliphatic rings. The van der Waals surface area contributed by atoms with Crippen molar-refractivity contribution in [1.82, 2.24) is 9.97 Å². The quantitative estimate of drug-likeness (QED) is 0.873. The molecule has 0 amide bonds. The monoisotopic (exact) mass is 228 g/mol. The third kappa shape index (κ3) is 2.72. The Morgan fingerprint density at radius 3 is 2.76 bits per heavy atom. The maximum absolute atomic E-state index is 5.69. The van der Waals surface area contributed by atoms with Gasteiger partial charge in [-0.1, -0.05) is 6.07 Å². The Hall–Kier alpha value is -2.10. The van der Waals surface area contributed by atoms with Crippen molar-refractivity contribution >= 4 is 11.5 Å². The van der Waals surface area contributed by atoms with Gasteiger partial charge >= 0.3 is 0 Å². The van der Waals surface area contributed by atoms with Gasteiger partial charge in [0, 0.05) is 13.2 Å². The van der Waals surface area contributed by atoms with Crippen LogP contribution in [-0.2, 0) is 6.54 Å². The Bertz CT molecular complexity index is 496. The minimum Gasteiger partial charge on any atom is -0.397 e. The molecule has 0 saturated carbocycles. The van der Waals surface area contributed by atoms with Gasteiger partial charge in [0.1, 0.15) is 5.82 Å². The van der Waals surface area contributed by atoms with Crippen LogP contribution in [0.15, 0.2) is 36.7 Å². The van der Waals surface area contributed by atoms with Crippen LogP contribution in [0.2, 0.25) is 0 Å². The number of anilines is 2. The number of aromatic nitrogens is 2. The molecule has 0 spiro atoms. The highest BCUT2D eigenvalue weighted by atomic mass is 15.2. The van der Waals surface area contributed by atoms with Crippen molar-refractivity contribution in [2.45, 2.75) is 13.5 Å². The molecule has 17 heavy (non-hydrogen) atoms. The first-order valence-corrected chi connectivity index (χ1v) is 5.50. The molecule has 0 aliphatic heterocycles. The van der Waals surface area contributed by atoms with E-state index in [1.807, 2.05) is 38.2 Å². The number of nitrogens with two attached hydrogens (primary N) is 1. The summed E-state index contributed by atoms with van der Waals surface area (Å²) in [6.07, 6.45) is 3.48. The van der Waals surface area contributed by atoms with Crippen LogP contribution in [0, 0.1) is 6.92 Å². The van der Waals surface area contributed by atoms with E-state index < -0.39 is 0 Å². The number of hydrogen-bond donors (Lipinski definition) is 1. The molecule has 2 rings (SSSR count). The van der Waals surface area contributed by atoms with Crippen molar-refractivity contribution in [3.05, 3.63) is 47.9 Å². The third-order valence-corrected chi connectivity index (χ3v) is 2.56. The molecule has 2 heterocycles. The second-order valence-corrected chi connectivity index (χ2v) is 4.09. The first-order valence-electron chi connectivity index (χ1n) is 5.50. The lowest BCUT2D eigenvalue weighted by molar-refractivity contribution is 0.861. The smallest absolute Gasteiger partial charge is 0.131 e. The van der Waals surface area contributed by atoms with E-state index in [9.17, 15) is 0 Å². The SMILES string of the molecule is Cc1cc(N)cnc1N(C)Cc1ccccn1. The van der Waals surface area contributed by atoms with Gasteiger partial charge in [-0.2, -0.15) is 0 Å². The fourth-order valence-corrected chi connectivity index (χ4v) is 1.80. The van der Waals surface area contributed by atoms with Crippen LogP contribution in [0.25, 0.3) is 0 Å². The van der Waals surface area contributed by atoms with E-state index in [0.717, 1.165) is 23.6 Å². The van der Waals surface area contributed by atoms with Gasteiger partial charge in [-0.3, -0.25) is 4.98 Å². The largest absolute Gasteiger partial charge is 0.397 e. The van der Waals surface area contributed by atoms with E-state index in [0.29, 0.717) is 5.69 Å². The minimum atomic E-state index is 0.692. The average molecular weight is 228 g/mol. The molecule has 0 aromatic carbocycles. The summed E-state index contributed by atoms with van der Waals surface area (Å²) >= 11 is 0. The number of aryl methyl sites for hydroxylation is 1. The van der Waals surface area contributed by atoms with E-state index in [4.69, 9.17) is 5.73 Å². The second-order valence-electron chi connectivity index (χ2n) is 4.09. The molecule has 0 saturated heterocycles. The number of nitrogens with zero attached hydrogens (tertiary/aromatic N) is 3. The Kier molecular flexibility index (Phi) is 3.23. The predicted octanol–water partition coefficient (Wildman–Crippen LogP) is 2.00. The molecular weight excluding hydrogens is 212 g/mol. The molecule has 0 atom stereocenters. The summed E-state index contributed by atoms with van der Waals surface area (Å²) in [5.41, 5.74) is 8.47. The summed E-state index contributed by atoms with van der Waals surface area (Å²) in [5.74, 6) is 0.935. The maximum Gasteiger partial charge on any atom is 0.131 e. The minimum absolute atomic E-state index is 0.692. The van der Waals surface area contributed by atoms with Gasteiger partial charge in [-0.05, 0) is 30.7 Å². The summed E-state index contributed by atoms with van der Waals surface area (Å²) in [5, 5.41) is 0. The standard InChI is InChI=1S/C13H16N4/c1-10-7-11(14)8-16-13(10)17(2)9-12-5-3-4-6-15-12/h3-8H,9,14H2,1-2H3. The molecule has 2 aromatic heterocycles. The molecule has 0 radical (unpaired) electrons. The van der Waals surface area contributed by atoms with E-state index in [1.54, 1.807) is 12.4 Å². The molecule has 0 bridgehead atoms. The van der Waals surface area contributed by atoms with Gasteiger partial charge in [0.05, 0.1) is 24.1 Å². The van der Waals surface area contributed by atoms with E-state index >= 15 is 0 Å². The number of nitrogen functional groups attached to an aromatic ring is 1. The van der Waals surface area contributed by atoms with Crippen LogP contribution in [0.1, 0.15) is 11.3 Å². The number of pyridine rings is 2. The van der Waals surface area contributed by atoms with Crippen LogP contribution in [0.5, 0.6) is 0 Å². The van der Waals surface area contributed by atoms with Gasteiger partial charge in [0.2, 0.25) is 0 Å². The average Bonchev–Trinajstić information content (AvgIpc) is 2.30. The highest BCUT2D eigenvalue weighted by Gasteiger charge is 2.07. The first-order chi connectivity index (χ1) is 8.16. The molecule has 0 fully saturated rings. The van der Waals surface area contributed by atoms with E-state index in [1.165, 1.54) is 0 Å². The molecule has 2 aromatic rings. The van der Waals surface area contributed by atoms with Gasteiger partial charge in [-0.15, -0.1) is 0 Å². The fraction of sp³-hybridized carbons (Fsp3) is 0.231. The number of rotatable bonds is 3. The summed E-state index contributed by atoms with van der Waals surface area (Å²) in [4.78, 5) is 10.7. The molecule has 88 valence electrons. The highest BCUT2D eigenvalue weighted by Crippen LogP contribution is 2.18. The van der Waals surface area contributed by atoms with Crippen molar-refractivity contribution in [2.24, 2.45) is 0 Å². The van der Waals surface area contributed by atoms with E-state index in [-0.39, 0.29) is 0 Å². The summed E-state index contributed by atoms with van der Waals surface area (Å²) < 4.78 is 0. The third-order valence-electron chi connectivity index (χ3n) is 2.56. The van der Waals surface area contributed by atoms with Crippen LogP contribution < -0.4 is 10.6 Å². The van der Waals surface area contributed by atoms with Gasteiger partial charge in [0.25, 0.3) is 0 Å². The topological polar surface area (TPSA) is 55.0 Å². The lowest BCUT2D eigenvalue weighted by Crippen LogP contribution is -2.19. The maximum atomic E-state index is 5.69. The number of hydrogen-bond acceptors (Lipinski definition) is 4. The zero-order chi connectivity index (χ0) is 12.3. The zero-order valence-corrected chi connectivity index (χ0v) is 10.1. The summed E-state index contributed by atoms with van der Waals surface area (Å²) in [7, 11) is 2.00. The van der Waals surface area contributed by atoms with Gasteiger partial charge in [-0.25, -0.2) is 4.98 Å². The van der Waals surface area contributed by atoms with Crippen LogP contribution in [-0.4, -0.2) is 17.0 Å². The zero-order valence-electron chi connectivity index (χ0n) is 10.1. The van der Waals surface area contributed by atoms with E-state index in [2.05, 4.69) is 14.9 Å². The molecule has 2 N–H and O–H groups in total. The predicted molar refractivity (Wildman–Crippen MR) is 69.7 cm³/mol. The highest BCUT2D eigenvalue weighted by molar-refractivity contribution is 5.52. The Morgan fingerprint density at radius 1 is 1.29 bits per heavy atom. The summed E-state index contributed by atoms with van der Waals surface area (Å²) in [6, 6.07) is 7.83. The van der Waals surface area contributed by atoms with Crippen molar-refractivity contribution in [3.8, 4) is 0 Å². The second kappa shape index (κ2) is 4.82. The fourth-order valence-electron chi connectivity index (χ4n) is 1.80. The van der Waals surface area contributed by atoms with Crippen LogP contribution in [0.4, 0.5) is 11.5 Å². The molecule has 0 unspecified atom stereocenters.